The molecule has 1 unspecified atom stereocenters. The van der Waals surface area contributed by atoms with Crippen LogP contribution in [0.4, 0.5) is 10.4 Å². The van der Waals surface area contributed by atoms with Crippen LogP contribution in [-0.4, -0.2) is 28.3 Å². The van der Waals surface area contributed by atoms with Crippen molar-refractivity contribution in [2.24, 2.45) is 5.92 Å². The summed E-state index contributed by atoms with van der Waals surface area (Å²) in [6.45, 7) is 2.18. The molecule has 2 aromatic carbocycles. The summed E-state index contributed by atoms with van der Waals surface area (Å²) in [4.78, 5) is 4.41. The molecule has 1 atom stereocenters. The Morgan fingerprint density at radius 3 is 2.59 bits per heavy atom. The Balaban J connectivity index is 1.24. The lowest BCUT2D eigenvalue weighted by Crippen LogP contribution is -2.31. The van der Waals surface area contributed by atoms with Gasteiger partial charge in [-0.1, -0.05) is 12.0 Å². The minimum Gasteiger partial charge on any atom is -0.497 e. The number of aromatic nitrogens is 3. The van der Waals surface area contributed by atoms with Crippen LogP contribution in [-0.2, 0) is 0 Å². The van der Waals surface area contributed by atoms with Gasteiger partial charge in [0.2, 0.25) is 5.89 Å². The fourth-order valence-electron chi connectivity index (χ4n) is 5.17. The summed E-state index contributed by atoms with van der Waals surface area (Å²) >= 11 is 0. The zero-order valence-electron chi connectivity index (χ0n) is 19.5. The Hall–Kier alpha value is -3.48. The van der Waals surface area contributed by atoms with Gasteiger partial charge < -0.3 is 14.5 Å². The molecule has 1 fully saturated rings. The maximum atomic E-state index is 13.9. The summed E-state index contributed by atoms with van der Waals surface area (Å²) in [5.41, 5.74) is 2.93. The van der Waals surface area contributed by atoms with Crippen molar-refractivity contribution >= 4 is 16.9 Å². The predicted octanol–water partition coefficient (Wildman–Crippen LogP) is 6.60. The molecule has 1 N–H and O–H groups in total. The average molecular weight is 461 g/mol. The van der Waals surface area contributed by atoms with Crippen molar-refractivity contribution < 1.29 is 13.5 Å². The van der Waals surface area contributed by atoms with Crippen LogP contribution in [0.5, 0.6) is 5.75 Å². The van der Waals surface area contributed by atoms with Gasteiger partial charge in [0.15, 0.2) is 0 Å². The highest BCUT2D eigenvalue weighted by Crippen LogP contribution is 2.40. The lowest BCUT2D eigenvalue weighted by molar-refractivity contribution is 0.286. The van der Waals surface area contributed by atoms with E-state index >= 15 is 0 Å². The standard InChI is InChI=1S/C27H29FN4O2/c1-3-24(30-27-32-31-26(34-27)19-8-11-21(33-2)12-9-19)18-6-4-17(5-7-18)22-14-15-29-25-13-10-20(28)16-23(22)25/h8-18,24H,3-7H2,1-2H3,(H,30,32)/t17-,18-,24?. The molecule has 4 aromatic rings. The van der Waals surface area contributed by atoms with Crippen molar-refractivity contribution in [1.82, 2.24) is 15.2 Å². The van der Waals surface area contributed by atoms with Crippen molar-refractivity contribution in [2.75, 3.05) is 12.4 Å². The van der Waals surface area contributed by atoms with Crippen LogP contribution >= 0.6 is 0 Å². The topological polar surface area (TPSA) is 73.1 Å². The van der Waals surface area contributed by atoms with Gasteiger partial charge in [0.05, 0.1) is 12.6 Å². The number of nitrogens with zero attached hydrogens (tertiary/aromatic N) is 3. The Kier molecular flexibility index (Phi) is 6.43. The number of nitrogens with one attached hydrogen (secondary N) is 1. The summed E-state index contributed by atoms with van der Waals surface area (Å²) in [7, 11) is 1.64. The number of rotatable bonds is 7. The van der Waals surface area contributed by atoms with Gasteiger partial charge in [0, 0.05) is 23.2 Å². The molecule has 34 heavy (non-hydrogen) atoms. The Morgan fingerprint density at radius 2 is 1.85 bits per heavy atom. The molecule has 1 aliphatic carbocycles. The van der Waals surface area contributed by atoms with Crippen LogP contribution in [0, 0.1) is 11.7 Å². The fraction of sp³-hybridized carbons (Fsp3) is 0.370. The Morgan fingerprint density at radius 1 is 1.06 bits per heavy atom. The van der Waals surface area contributed by atoms with Gasteiger partial charge in [-0.15, -0.1) is 5.10 Å². The Labute approximate surface area is 198 Å². The molecule has 5 rings (SSSR count). The zero-order chi connectivity index (χ0) is 23.5. The zero-order valence-corrected chi connectivity index (χ0v) is 19.5. The number of halogens is 1. The molecule has 6 nitrogen and oxygen atoms in total. The van der Waals surface area contributed by atoms with E-state index in [1.165, 1.54) is 11.6 Å². The van der Waals surface area contributed by atoms with Gasteiger partial charge in [-0.3, -0.25) is 4.98 Å². The molecule has 1 aliphatic rings. The van der Waals surface area contributed by atoms with Crippen LogP contribution in [0.15, 0.2) is 59.1 Å². The molecule has 1 saturated carbocycles. The van der Waals surface area contributed by atoms with Crippen molar-refractivity contribution in [1.29, 1.82) is 0 Å². The normalized spacial score (nSPS) is 19.1. The second-order valence-corrected chi connectivity index (χ2v) is 8.97. The number of hydrogen-bond acceptors (Lipinski definition) is 6. The number of anilines is 1. The molecular weight excluding hydrogens is 431 g/mol. The fourth-order valence-corrected chi connectivity index (χ4v) is 5.17. The number of hydrogen-bond donors (Lipinski definition) is 1. The van der Waals surface area contributed by atoms with E-state index in [4.69, 9.17) is 9.15 Å². The number of pyridine rings is 1. The first-order valence-corrected chi connectivity index (χ1v) is 11.9. The van der Waals surface area contributed by atoms with Gasteiger partial charge in [-0.2, -0.15) is 0 Å². The highest BCUT2D eigenvalue weighted by atomic mass is 19.1. The summed E-state index contributed by atoms with van der Waals surface area (Å²) in [6.07, 6.45) is 7.13. The van der Waals surface area contributed by atoms with Crippen molar-refractivity contribution in [2.45, 2.75) is 51.0 Å². The summed E-state index contributed by atoms with van der Waals surface area (Å²) in [6, 6.07) is 15.2. The summed E-state index contributed by atoms with van der Waals surface area (Å²) < 4.78 is 25.0. The van der Waals surface area contributed by atoms with E-state index in [0.717, 1.165) is 54.3 Å². The van der Waals surface area contributed by atoms with Crippen LogP contribution < -0.4 is 10.1 Å². The molecule has 0 radical (unpaired) electrons. The van der Waals surface area contributed by atoms with Crippen LogP contribution in [0.3, 0.4) is 0 Å². The number of ether oxygens (including phenoxy) is 1. The van der Waals surface area contributed by atoms with E-state index in [1.54, 1.807) is 19.2 Å². The first kappa shape index (κ1) is 22.3. The largest absolute Gasteiger partial charge is 0.497 e. The van der Waals surface area contributed by atoms with Gasteiger partial charge in [0.25, 0.3) is 0 Å². The summed E-state index contributed by atoms with van der Waals surface area (Å²) in [5, 5.41) is 12.8. The van der Waals surface area contributed by atoms with Crippen LogP contribution in [0.25, 0.3) is 22.4 Å². The van der Waals surface area contributed by atoms with Crippen LogP contribution in [0.2, 0.25) is 0 Å². The molecule has 0 saturated heterocycles. The maximum Gasteiger partial charge on any atom is 0.315 e. The molecule has 0 amide bonds. The third kappa shape index (κ3) is 4.60. The van der Waals surface area contributed by atoms with Gasteiger partial charge in [0.1, 0.15) is 11.6 Å². The highest BCUT2D eigenvalue weighted by Gasteiger charge is 2.29. The Bertz CT molecular complexity index is 1250. The monoisotopic (exact) mass is 460 g/mol. The number of fused-ring (bicyclic) bond motifs is 1. The quantitative estimate of drug-likeness (QED) is 0.335. The second kappa shape index (κ2) is 9.79. The molecule has 176 valence electrons. The lowest BCUT2D eigenvalue weighted by Gasteiger charge is -2.34. The van der Waals surface area contributed by atoms with Crippen molar-refractivity contribution in [3.8, 4) is 17.2 Å². The molecule has 2 heterocycles. The number of methoxy groups -OCH3 is 1. The number of benzene rings is 2. The predicted molar refractivity (Wildman–Crippen MR) is 130 cm³/mol. The molecule has 7 heteroatoms. The molecule has 2 aromatic heterocycles. The third-order valence-electron chi connectivity index (χ3n) is 7.03. The first-order valence-electron chi connectivity index (χ1n) is 11.9. The maximum absolute atomic E-state index is 13.9. The smallest absolute Gasteiger partial charge is 0.315 e. The third-order valence-corrected chi connectivity index (χ3v) is 7.03. The van der Waals surface area contributed by atoms with Crippen LogP contribution in [0.1, 0.15) is 50.5 Å². The molecular formula is C27H29FN4O2. The first-order chi connectivity index (χ1) is 16.6. The van der Waals surface area contributed by atoms with Crippen molar-refractivity contribution in [3.63, 3.8) is 0 Å². The second-order valence-electron chi connectivity index (χ2n) is 8.97. The van der Waals surface area contributed by atoms with E-state index in [-0.39, 0.29) is 11.9 Å². The molecule has 0 aliphatic heterocycles. The van der Waals surface area contributed by atoms with E-state index in [2.05, 4.69) is 33.5 Å². The van der Waals surface area contributed by atoms with Gasteiger partial charge in [-0.05, 0) is 98.0 Å². The van der Waals surface area contributed by atoms with Gasteiger partial charge in [-0.25, -0.2) is 4.39 Å². The molecule has 0 spiro atoms. The van der Waals surface area contributed by atoms with Gasteiger partial charge >= 0.3 is 6.01 Å². The minimum absolute atomic E-state index is 0.209. The van der Waals surface area contributed by atoms with E-state index < -0.39 is 0 Å². The van der Waals surface area contributed by atoms with Crippen molar-refractivity contribution in [3.05, 3.63) is 66.1 Å². The van der Waals surface area contributed by atoms with E-state index in [1.807, 2.05) is 30.5 Å². The lowest BCUT2D eigenvalue weighted by atomic mass is 9.75. The molecule has 0 bridgehead atoms. The van der Waals surface area contributed by atoms with E-state index in [9.17, 15) is 4.39 Å². The summed E-state index contributed by atoms with van der Waals surface area (Å²) in [5.74, 6) is 2.00. The SMILES string of the molecule is CCC(Nc1nnc(-c2ccc(OC)cc2)o1)[C@H]1CC[C@H](c2ccnc3ccc(F)cc32)CC1. The minimum atomic E-state index is -0.209. The van der Waals surface area contributed by atoms with E-state index in [0.29, 0.717) is 23.7 Å². The average Bonchev–Trinajstić information content (AvgIpc) is 3.36. The highest BCUT2D eigenvalue weighted by molar-refractivity contribution is 5.82.